The van der Waals surface area contributed by atoms with Crippen LogP contribution in [0.25, 0.3) is 10.9 Å². The molecule has 2 heteroatoms. The van der Waals surface area contributed by atoms with E-state index < -0.39 is 0 Å². The first-order valence-electron chi connectivity index (χ1n) is 6.12. The number of rotatable bonds is 3. The third kappa shape index (κ3) is 2.12. The molecule has 0 bridgehead atoms. The number of H-pyrrole nitrogens is 1. The smallest absolute Gasteiger partial charge is 0.168 e. The number of aromatic amines is 1. The van der Waals surface area contributed by atoms with Crippen LogP contribution in [0.1, 0.15) is 36.7 Å². The summed E-state index contributed by atoms with van der Waals surface area (Å²) < 4.78 is 0. The van der Waals surface area contributed by atoms with Gasteiger partial charge in [0.05, 0.1) is 0 Å². The minimum absolute atomic E-state index is 0.0651. The lowest BCUT2D eigenvalue weighted by molar-refractivity contribution is 0.0901. The van der Waals surface area contributed by atoms with Gasteiger partial charge in [0, 0.05) is 28.6 Å². The molecule has 1 N–H and O–H groups in total. The largest absolute Gasteiger partial charge is 0.360 e. The van der Waals surface area contributed by atoms with Crippen LogP contribution in [0.4, 0.5) is 0 Å². The van der Waals surface area contributed by atoms with E-state index in [1.807, 2.05) is 25.3 Å². The number of Topliss-reactive ketones (excluding diaryl/α,β-unsaturated/α-hetero) is 1. The number of nitrogens with one attached hydrogen (secondary N) is 1. The van der Waals surface area contributed by atoms with Crippen molar-refractivity contribution in [3.63, 3.8) is 0 Å². The van der Waals surface area contributed by atoms with Crippen molar-refractivity contribution in [2.45, 2.75) is 27.7 Å². The van der Waals surface area contributed by atoms with Crippen LogP contribution in [0.2, 0.25) is 0 Å². The third-order valence-electron chi connectivity index (χ3n) is 3.52. The zero-order chi connectivity index (χ0) is 12.6. The highest BCUT2D eigenvalue weighted by Crippen LogP contribution is 2.24. The van der Waals surface area contributed by atoms with E-state index in [1.54, 1.807) is 0 Å². The normalized spacial score (nSPS) is 13.2. The van der Waals surface area contributed by atoms with E-state index in [9.17, 15) is 4.79 Å². The van der Waals surface area contributed by atoms with Crippen molar-refractivity contribution in [2.75, 3.05) is 0 Å². The molecule has 0 saturated heterocycles. The fourth-order valence-electron chi connectivity index (χ4n) is 1.99. The molecule has 0 aliphatic heterocycles. The molecule has 1 heterocycles. The van der Waals surface area contributed by atoms with Crippen molar-refractivity contribution in [1.29, 1.82) is 0 Å². The maximum Gasteiger partial charge on any atom is 0.168 e. The molecular formula is C15H19NO. The molecular weight excluding hydrogens is 210 g/mol. The summed E-state index contributed by atoms with van der Waals surface area (Å²) in [6, 6.07) is 6.15. The third-order valence-corrected chi connectivity index (χ3v) is 3.52. The molecule has 2 aromatic rings. The quantitative estimate of drug-likeness (QED) is 0.794. The topological polar surface area (TPSA) is 32.9 Å². The zero-order valence-corrected chi connectivity index (χ0v) is 10.9. The molecule has 2 nitrogen and oxygen atoms in total. The predicted molar refractivity (Wildman–Crippen MR) is 71.4 cm³/mol. The van der Waals surface area contributed by atoms with Gasteiger partial charge in [-0.05, 0) is 24.5 Å². The van der Waals surface area contributed by atoms with E-state index in [0.29, 0.717) is 5.92 Å². The Morgan fingerprint density at radius 2 is 1.94 bits per heavy atom. The Morgan fingerprint density at radius 3 is 2.59 bits per heavy atom. The minimum atomic E-state index is 0.0651. The molecule has 0 spiro atoms. The van der Waals surface area contributed by atoms with Crippen molar-refractivity contribution in [2.24, 2.45) is 11.8 Å². The van der Waals surface area contributed by atoms with Gasteiger partial charge in [-0.3, -0.25) is 4.79 Å². The zero-order valence-electron chi connectivity index (χ0n) is 10.9. The van der Waals surface area contributed by atoms with Crippen molar-refractivity contribution in [1.82, 2.24) is 4.98 Å². The Balaban J connectivity index is 2.46. The maximum atomic E-state index is 12.3. The number of carbonyl (C=O) groups is 1. The maximum absolute atomic E-state index is 12.3. The number of hydrogen-bond acceptors (Lipinski definition) is 1. The number of hydrogen-bond donors (Lipinski definition) is 1. The van der Waals surface area contributed by atoms with Crippen LogP contribution in [0.5, 0.6) is 0 Å². The van der Waals surface area contributed by atoms with Crippen LogP contribution in [0.15, 0.2) is 24.4 Å². The van der Waals surface area contributed by atoms with Crippen LogP contribution in [0.3, 0.4) is 0 Å². The summed E-state index contributed by atoms with van der Waals surface area (Å²) in [5, 5.41) is 1.04. The van der Waals surface area contributed by atoms with E-state index in [-0.39, 0.29) is 11.7 Å². The van der Waals surface area contributed by atoms with Gasteiger partial charge in [0.2, 0.25) is 0 Å². The van der Waals surface area contributed by atoms with Gasteiger partial charge >= 0.3 is 0 Å². The fraction of sp³-hybridized carbons (Fsp3) is 0.400. The molecule has 0 saturated carbocycles. The molecule has 0 fully saturated rings. The second kappa shape index (κ2) is 4.36. The van der Waals surface area contributed by atoms with Gasteiger partial charge in [-0.2, -0.15) is 0 Å². The summed E-state index contributed by atoms with van der Waals surface area (Å²) in [6.07, 6.45) is 1.84. The lowest BCUT2D eigenvalue weighted by Gasteiger charge is -2.13. The Hall–Kier alpha value is -1.57. The average Bonchev–Trinajstić information content (AvgIpc) is 2.69. The molecule has 1 atom stereocenters. The van der Waals surface area contributed by atoms with Gasteiger partial charge in [-0.15, -0.1) is 0 Å². The lowest BCUT2D eigenvalue weighted by atomic mass is 9.89. The standard InChI is InChI=1S/C15H19NO/c1-9(2)11(4)15(17)13-8-16-14-7-10(3)5-6-12(13)14/h5-9,11,16H,1-4H3. The molecule has 0 radical (unpaired) electrons. The first-order chi connectivity index (χ1) is 8.00. The van der Waals surface area contributed by atoms with Crippen LogP contribution in [-0.4, -0.2) is 10.8 Å². The highest BCUT2D eigenvalue weighted by atomic mass is 16.1. The number of fused-ring (bicyclic) bond motifs is 1. The molecule has 17 heavy (non-hydrogen) atoms. The highest BCUT2D eigenvalue weighted by Gasteiger charge is 2.21. The van der Waals surface area contributed by atoms with E-state index in [4.69, 9.17) is 0 Å². The first-order valence-corrected chi connectivity index (χ1v) is 6.12. The molecule has 0 aliphatic rings. The minimum Gasteiger partial charge on any atom is -0.360 e. The molecule has 0 aliphatic carbocycles. The fourth-order valence-corrected chi connectivity index (χ4v) is 1.99. The van der Waals surface area contributed by atoms with Gasteiger partial charge in [0.1, 0.15) is 0 Å². The van der Waals surface area contributed by atoms with E-state index in [0.717, 1.165) is 16.5 Å². The summed E-state index contributed by atoms with van der Waals surface area (Å²) in [4.78, 5) is 15.5. The molecule has 0 amide bonds. The van der Waals surface area contributed by atoms with E-state index >= 15 is 0 Å². The number of ketones is 1. The molecule has 1 aromatic carbocycles. The number of carbonyl (C=O) groups excluding carboxylic acids is 1. The van der Waals surface area contributed by atoms with E-state index in [2.05, 4.69) is 31.8 Å². The molecule has 2 rings (SSSR count). The first kappa shape index (κ1) is 11.9. The van der Waals surface area contributed by atoms with Crippen molar-refractivity contribution in [3.05, 3.63) is 35.5 Å². The second-order valence-electron chi connectivity index (χ2n) is 5.15. The van der Waals surface area contributed by atoms with Crippen molar-refractivity contribution >= 4 is 16.7 Å². The Bertz CT molecular complexity index is 551. The summed E-state index contributed by atoms with van der Waals surface area (Å²) in [5.41, 5.74) is 3.07. The molecule has 1 unspecified atom stereocenters. The van der Waals surface area contributed by atoms with Crippen LogP contribution >= 0.6 is 0 Å². The molecule has 90 valence electrons. The number of aromatic nitrogens is 1. The Labute approximate surface area is 102 Å². The Morgan fingerprint density at radius 1 is 1.24 bits per heavy atom. The predicted octanol–water partition coefficient (Wildman–Crippen LogP) is 3.95. The highest BCUT2D eigenvalue weighted by molar-refractivity contribution is 6.08. The monoisotopic (exact) mass is 229 g/mol. The van der Waals surface area contributed by atoms with E-state index in [1.165, 1.54) is 5.56 Å². The summed E-state index contributed by atoms with van der Waals surface area (Å²) in [6.45, 7) is 8.22. The summed E-state index contributed by atoms with van der Waals surface area (Å²) >= 11 is 0. The van der Waals surface area contributed by atoms with Crippen LogP contribution < -0.4 is 0 Å². The summed E-state index contributed by atoms with van der Waals surface area (Å²) in [5.74, 6) is 0.670. The van der Waals surface area contributed by atoms with Gasteiger partial charge in [-0.25, -0.2) is 0 Å². The second-order valence-corrected chi connectivity index (χ2v) is 5.15. The average molecular weight is 229 g/mol. The van der Waals surface area contributed by atoms with Gasteiger partial charge in [0.25, 0.3) is 0 Å². The van der Waals surface area contributed by atoms with Crippen molar-refractivity contribution < 1.29 is 4.79 Å². The molecule has 1 aromatic heterocycles. The lowest BCUT2D eigenvalue weighted by Crippen LogP contribution is -2.16. The summed E-state index contributed by atoms with van der Waals surface area (Å²) in [7, 11) is 0. The van der Waals surface area contributed by atoms with Gasteiger partial charge in [0.15, 0.2) is 5.78 Å². The van der Waals surface area contributed by atoms with Crippen LogP contribution in [0, 0.1) is 18.8 Å². The number of aryl methyl sites for hydroxylation is 1. The van der Waals surface area contributed by atoms with Crippen molar-refractivity contribution in [3.8, 4) is 0 Å². The van der Waals surface area contributed by atoms with Crippen LogP contribution in [-0.2, 0) is 0 Å². The SMILES string of the molecule is Cc1ccc2c(C(=O)C(C)C(C)C)c[nH]c2c1. The van der Waals surface area contributed by atoms with Gasteiger partial charge in [-0.1, -0.05) is 32.9 Å². The number of benzene rings is 1. The Kier molecular flexibility index (Phi) is 3.05. The van der Waals surface area contributed by atoms with Gasteiger partial charge < -0.3 is 4.98 Å².